The van der Waals surface area contributed by atoms with Crippen molar-refractivity contribution >= 4 is 11.6 Å². The van der Waals surface area contributed by atoms with Gasteiger partial charge in [-0.3, -0.25) is 0 Å². The highest BCUT2D eigenvalue weighted by Gasteiger charge is 2.05. The Balaban J connectivity index is 2.15. The summed E-state index contributed by atoms with van der Waals surface area (Å²) in [7, 11) is 0. The van der Waals surface area contributed by atoms with Crippen LogP contribution in [0.5, 0.6) is 0 Å². The normalized spacial score (nSPS) is 10.6. The lowest BCUT2D eigenvalue weighted by molar-refractivity contribution is 0.382. The zero-order chi connectivity index (χ0) is 11.4. The van der Waals surface area contributed by atoms with Crippen molar-refractivity contribution in [2.24, 2.45) is 0 Å². The zero-order valence-electron chi connectivity index (χ0n) is 9.24. The van der Waals surface area contributed by atoms with E-state index in [1.54, 1.807) is 0 Å². The fourth-order valence-electron chi connectivity index (χ4n) is 1.54. The maximum atomic E-state index is 5.83. The molecule has 0 aliphatic heterocycles. The summed E-state index contributed by atoms with van der Waals surface area (Å²) < 4.78 is 5.27. The van der Waals surface area contributed by atoms with E-state index < -0.39 is 0 Å². The van der Waals surface area contributed by atoms with E-state index in [4.69, 9.17) is 16.1 Å². The van der Waals surface area contributed by atoms with E-state index >= 15 is 0 Å². The number of hydrogen-bond acceptors (Lipinski definition) is 2. The lowest BCUT2D eigenvalue weighted by Gasteiger charge is -1.94. The second-order valence-corrected chi connectivity index (χ2v) is 4.23. The summed E-state index contributed by atoms with van der Waals surface area (Å²) in [5.41, 5.74) is 1.92. The Labute approximate surface area is 100 Å². The SMILES string of the molecule is CCCCc1cc(-c2ccc(Cl)cc2)no1. The fourth-order valence-corrected chi connectivity index (χ4v) is 1.66. The smallest absolute Gasteiger partial charge is 0.137 e. The molecule has 84 valence electrons. The summed E-state index contributed by atoms with van der Waals surface area (Å²) >= 11 is 5.83. The van der Waals surface area contributed by atoms with Crippen molar-refractivity contribution in [2.75, 3.05) is 0 Å². The number of aryl methyl sites for hydroxylation is 1. The lowest BCUT2D eigenvalue weighted by atomic mass is 10.1. The van der Waals surface area contributed by atoms with Crippen LogP contribution in [-0.2, 0) is 6.42 Å². The molecular formula is C13H14ClNO. The molecular weight excluding hydrogens is 222 g/mol. The monoisotopic (exact) mass is 235 g/mol. The Bertz CT molecular complexity index is 447. The second-order valence-electron chi connectivity index (χ2n) is 3.79. The first-order valence-electron chi connectivity index (χ1n) is 5.51. The van der Waals surface area contributed by atoms with Gasteiger partial charge in [-0.25, -0.2) is 0 Å². The number of nitrogens with zero attached hydrogens (tertiary/aromatic N) is 1. The third-order valence-corrected chi connectivity index (χ3v) is 2.73. The van der Waals surface area contributed by atoms with Crippen LogP contribution in [0.3, 0.4) is 0 Å². The molecule has 0 atom stereocenters. The molecule has 0 radical (unpaired) electrons. The van der Waals surface area contributed by atoms with E-state index in [1.165, 1.54) is 0 Å². The lowest BCUT2D eigenvalue weighted by Crippen LogP contribution is -1.79. The molecule has 0 saturated carbocycles. The van der Waals surface area contributed by atoms with Gasteiger partial charge >= 0.3 is 0 Å². The maximum Gasteiger partial charge on any atom is 0.137 e. The fraction of sp³-hybridized carbons (Fsp3) is 0.308. The van der Waals surface area contributed by atoms with Crippen molar-refractivity contribution in [1.82, 2.24) is 5.16 Å². The van der Waals surface area contributed by atoms with Crippen LogP contribution in [0, 0.1) is 0 Å². The highest BCUT2D eigenvalue weighted by molar-refractivity contribution is 6.30. The van der Waals surface area contributed by atoms with Crippen molar-refractivity contribution in [3.8, 4) is 11.3 Å². The Morgan fingerprint density at radius 3 is 2.69 bits per heavy atom. The highest BCUT2D eigenvalue weighted by atomic mass is 35.5. The van der Waals surface area contributed by atoms with Gasteiger partial charge in [0.1, 0.15) is 11.5 Å². The molecule has 0 bridgehead atoms. The van der Waals surface area contributed by atoms with Crippen LogP contribution in [0.4, 0.5) is 0 Å². The Hall–Kier alpha value is -1.28. The van der Waals surface area contributed by atoms with Crippen LogP contribution in [0.2, 0.25) is 5.02 Å². The summed E-state index contributed by atoms with van der Waals surface area (Å²) in [6.07, 6.45) is 3.25. The van der Waals surface area contributed by atoms with Gasteiger partial charge in [-0.05, 0) is 18.6 Å². The molecule has 0 N–H and O–H groups in total. The van der Waals surface area contributed by atoms with Crippen molar-refractivity contribution in [3.05, 3.63) is 41.1 Å². The first-order chi connectivity index (χ1) is 7.79. The number of benzene rings is 1. The number of hydrogen-bond donors (Lipinski definition) is 0. The molecule has 16 heavy (non-hydrogen) atoms. The van der Waals surface area contributed by atoms with Gasteiger partial charge < -0.3 is 4.52 Å². The molecule has 0 aliphatic rings. The average molecular weight is 236 g/mol. The van der Waals surface area contributed by atoms with E-state index in [9.17, 15) is 0 Å². The molecule has 0 fully saturated rings. The van der Waals surface area contributed by atoms with Gasteiger partial charge in [0.05, 0.1) is 0 Å². The molecule has 0 saturated heterocycles. The number of rotatable bonds is 4. The first kappa shape index (κ1) is 11.2. The minimum absolute atomic E-state index is 0.735. The summed E-state index contributed by atoms with van der Waals surface area (Å²) in [6.45, 7) is 2.16. The van der Waals surface area contributed by atoms with Gasteiger partial charge in [0, 0.05) is 23.1 Å². The molecule has 0 amide bonds. The quantitative estimate of drug-likeness (QED) is 0.788. The van der Waals surface area contributed by atoms with E-state index in [2.05, 4.69) is 12.1 Å². The standard InChI is InChI=1S/C13H14ClNO/c1-2-3-4-12-9-13(15-16-12)10-5-7-11(14)8-6-10/h5-9H,2-4H2,1H3. The molecule has 0 unspecified atom stereocenters. The Morgan fingerprint density at radius 1 is 1.25 bits per heavy atom. The predicted octanol–water partition coefficient (Wildman–Crippen LogP) is 4.34. The van der Waals surface area contributed by atoms with E-state index in [-0.39, 0.29) is 0 Å². The molecule has 2 aromatic rings. The molecule has 1 aromatic carbocycles. The third kappa shape index (κ3) is 2.64. The highest BCUT2D eigenvalue weighted by Crippen LogP contribution is 2.21. The Morgan fingerprint density at radius 2 is 2.00 bits per heavy atom. The van der Waals surface area contributed by atoms with Crippen LogP contribution in [-0.4, -0.2) is 5.16 Å². The number of halogens is 1. The zero-order valence-corrected chi connectivity index (χ0v) is 10.00. The minimum atomic E-state index is 0.735. The Kier molecular flexibility index (Phi) is 3.62. The summed E-state index contributed by atoms with van der Waals surface area (Å²) in [5, 5.41) is 4.79. The molecule has 0 spiro atoms. The predicted molar refractivity (Wildman–Crippen MR) is 65.6 cm³/mol. The molecule has 2 nitrogen and oxygen atoms in total. The molecule has 0 aliphatic carbocycles. The van der Waals surface area contributed by atoms with Gasteiger partial charge in [0.25, 0.3) is 0 Å². The molecule has 1 aromatic heterocycles. The third-order valence-electron chi connectivity index (χ3n) is 2.48. The van der Waals surface area contributed by atoms with Crippen molar-refractivity contribution in [1.29, 1.82) is 0 Å². The van der Waals surface area contributed by atoms with Crippen LogP contribution < -0.4 is 0 Å². The first-order valence-corrected chi connectivity index (χ1v) is 5.89. The van der Waals surface area contributed by atoms with Crippen LogP contribution in [0.15, 0.2) is 34.9 Å². The van der Waals surface area contributed by atoms with Crippen molar-refractivity contribution < 1.29 is 4.52 Å². The van der Waals surface area contributed by atoms with Crippen LogP contribution in [0.1, 0.15) is 25.5 Å². The largest absolute Gasteiger partial charge is 0.361 e. The van der Waals surface area contributed by atoms with Crippen LogP contribution >= 0.6 is 11.6 Å². The number of unbranched alkanes of at least 4 members (excludes halogenated alkanes) is 1. The van der Waals surface area contributed by atoms with Crippen molar-refractivity contribution in [3.63, 3.8) is 0 Å². The van der Waals surface area contributed by atoms with Gasteiger partial charge in [0.15, 0.2) is 0 Å². The molecule has 1 heterocycles. The van der Waals surface area contributed by atoms with E-state index in [0.717, 1.165) is 41.3 Å². The minimum Gasteiger partial charge on any atom is -0.361 e. The number of aromatic nitrogens is 1. The van der Waals surface area contributed by atoms with Crippen molar-refractivity contribution in [2.45, 2.75) is 26.2 Å². The molecule has 2 rings (SSSR count). The van der Waals surface area contributed by atoms with Gasteiger partial charge in [0.2, 0.25) is 0 Å². The van der Waals surface area contributed by atoms with E-state index in [0.29, 0.717) is 0 Å². The maximum absolute atomic E-state index is 5.83. The summed E-state index contributed by atoms with van der Waals surface area (Å²) in [4.78, 5) is 0. The van der Waals surface area contributed by atoms with Gasteiger partial charge in [-0.2, -0.15) is 0 Å². The van der Waals surface area contributed by atoms with Crippen LogP contribution in [0.25, 0.3) is 11.3 Å². The van der Waals surface area contributed by atoms with Gasteiger partial charge in [-0.15, -0.1) is 0 Å². The second kappa shape index (κ2) is 5.17. The van der Waals surface area contributed by atoms with Gasteiger partial charge in [-0.1, -0.05) is 42.2 Å². The average Bonchev–Trinajstić information content (AvgIpc) is 2.76. The van der Waals surface area contributed by atoms with E-state index in [1.807, 2.05) is 30.3 Å². The summed E-state index contributed by atoms with van der Waals surface area (Å²) in [6, 6.07) is 9.61. The summed E-state index contributed by atoms with van der Waals surface area (Å²) in [5.74, 6) is 0.951. The topological polar surface area (TPSA) is 26.0 Å². The molecule has 3 heteroatoms.